The summed E-state index contributed by atoms with van der Waals surface area (Å²) in [5.74, 6) is 0. The molecule has 1 aromatic heterocycles. The van der Waals surface area contributed by atoms with Gasteiger partial charge in [0.05, 0.1) is 0 Å². The summed E-state index contributed by atoms with van der Waals surface area (Å²) in [5, 5.41) is 9.91. The fourth-order valence-corrected chi connectivity index (χ4v) is 2.44. The van der Waals surface area contributed by atoms with Crippen molar-refractivity contribution < 1.29 is 5.11 Å². The maximum Gasteiger partial charge on any atom is 0.104 e. The van der Waals surface area contributed by atoms with Crippen LogP contribution in [0.15, 0.2) is 52.5 Å². The number of rotatable bonds is 4. The fourth-order valence-electron chi connectivity index (χ4n) is 1.59. The van der Waals surface area contributed by atoms with Gasteiger partial charge in [-0.3, -0.25) is 0 Å². The Kier molecular flexibility index (Phi) is 4.18. The number of aromatic nitrogens is 1. The van der Waals surface area contributed by atoms with Crippen molar-refractivity contribution >= 4 is 11.8 Å². The molecular weight excluding hydrogens is 230 g/mol. The molecule has 2 aromatic rings. The minimum absolute atomic E-state index is 0.173. The Balaban J connectivity index is 2.17. The number of pyridine rings is 1. The molecule has 0 aliphatic carbocycles. The molecule has 3 heteroatoms. The molecular formula is C14H15NOS. The maximum atomic E-state index is 8.88. The van der Waals surface area contributed by atoms with Gasteiger partial charge in [-0.25, -0.2) is 4.98 Å². The highest BCUT2D eigenvalue weighted by Gasteiger charge is 2.03. The van der Waals surface area contributed by atoms with Crippen molar-refractivity contribution in [3.63, 3.8) is 0 Å². The van der Waals surface area contributed by atoms with Crippen molar-refractivity contribution in [3.8, 4) is 0 Å². The summed E-state index contributed by atoms with van der Waals surface area (Å²) in [7, 11) is 0. The van der Waals surface area contributed by atoms with E-state index in [-0.39, 0.29) is 6.61 Å². The molecule has 2 nitrogen and oxygen atoms in total. The third-order valence-corrected chi connectivity index (χ3v) is 3.57. The number of hydrogen-bond donors (Lipinski definition) is 1. The molecule has 0 fully saturated rings. The Morgan fingerprint density at radius 2 is 2.00 bits per heavy atom. The van der Waals surface area contributed by atoms with Crippen LogP contribution in [0.2, 0.25) is 0 Å². The first-order valence-corrected chi connectivity index (χ1v) is 6.40. The minimum Gasteiger partial charge on any atom is -0.396 e. The van der Waals surface area contributed by atoms with Crippen LogP contribution in [0, 0.1) is 6.92 Å². The molecule has 0 amide bonds. The summed E-state index contributed by atoms with van der Waals surface area (Å²) in [6, 6.07) is 12.3. The Morgan fingerprint density at radius 1 is 1.24 bits per heavy atom. The summed E-state index contributed by atoms with van der Waals surface area (Å²) in [6.07, 6.45) is 2.51. The normalized spacial score (nSPS) is 10.5. The average Bonchev–Trinajstić information content (AvgIpc) is 2.34. The monoisotopic (exact) mass is 245 g/mol. The lowest BCUT2D eigenvalue weighted by Gasteiger charge is -2.06. The van der Waals surface area contributed by atoms with Gasteiger partial charge >= 0.3 is 0 Å². The van der Waals surface area contributed by atoms with Gasteiger partial charge in [0.15, 0.2) is 0 Å². The number of benzene rings is 1. The van der Waals surface area contributed by atoms with E-state index in [2.05, 4.69) is 30.1 Å². The molecule has 1 aromatic carbocycles. The second-order valence-corrected chi connectivity index (χ2v) is 4.92. The standard InChI is InChI=1S/C14H15NOS/c1-11-9-12(7-8-16)10-15-14(11)17-13-5-3-2-4-6-13/h2-6,9-10,16H,7-8H2,1H3. The van der Waals surface area contributed by atoms with Gasteiger partial charge in [0, 0.05) is 17.7 Å². The molecule has 0 saturated heterocycles. The lowest BCUT2D eigenvalue weighted by molar-refractivity contribution is 0.299. The van der Waals surface area contributed by atoms with Gasteiger partial charge in [0.2, 0.25) is 0 Å². The van der Waals surface area contributed by atoms with E-state index in [1.54, 1.807) is 11.8 Å². The van der Waals surface area contributed by atoms with E-state index >= 15 is 0 Å². The smallest absolute Gasteiger partial charge is 0.104 e. The maximum absolute atomic E-state index is 8.88. The van der Waals surface area contributed by atoms with Crippen molar-refractivity contribution in [1.82, 2.24) is 4.98 Å². The van der Waals surface area contributed by atoms with E-state index < -0.39 is 0 Å². The first-order valence-electron chi connectivity index (χ1n) is 5.59. The van der Waals surface area contributed by atoms with Crippen molar-refractivity contribution in [2.75, 3.05) is 6.61 Å². The first-order chi connectivity index (χ1) is 8.29. The number of hydrogen-bond acceptors (Lipinski definition) is 3. The predicted octanol–water partition coefficient (Wildman–Crippen LogP) is 3.08. The molecule has 0 radical (unpaired) electrons. The number of aryl methyl sites for hydroxylation is 1. The van der Waals surface area contributed by atoms with Gasteiger partial charge in [-0.15, -0.1) is 0 Å². The van der Waals surface area contributed by atoms with E-state index in [0.29, 0.717) is 6.42 Å². The molecule has 1 N–H and O–H groups in total. The topological polar surface area (TPSA) is 33.1 Å². The summed E-state index contributed by atoms with van der Waals surface area (Å²) in [5.41, 5.74) is 2.24. The lowest BCUT2D eigenvalue weighted by atomic mass is 10.2. The summed E-state index contributed by atoms with van der Waals surface area (Å²) < 4.78 is 0. The molecule has 0 bridgehead atoms. The van der Waals surface area contributed by atoms with Gasteiger partial charge in [-0.05, 0) is 36.6 Å². The molecule has 88 valence electrons. The first kappa shape index (κ1) is 12.1. The van der Waals surface area contributed by atoms with Crippen molar-refractivity contribution in [1.29, 1.82) is 0 Å². The Labute approximate surface area is 106 Å². The summed E-state index contributed by atoms with van der Waals surface area (Å²) >= 11 is 1.67. The molecule has 0 atom stereocenters. The van der Waals surface area contributed by atoms with E-state index in [0.717, 1.165) is 16.2 Å². The molecule has 0 aliphatic rings. The van der Waals surface area contributed by atoms with E-state index in [1.165, 1.54) is 4.90 Å². The predicted molar refractivity (Wildman–Crippen MR) is 70.3 cm³/mol. The Hall–Kier alpha value is -1.32. The second kappa shape index (κ2) is 5.84. The van der Waals surface area contributed by atoms with E-state index in [1.807, 2.05) is 24.4 Å². The van der Waals surface area contributed by atoms with Crippen LogP contribution >= 0.6 is 11.8 Å². The molecule has 0 saturated carbocycles. The van der Waals surface area contributed by atoms with Crippen LogP contribution < -0.4 is 0 Å². The van der Waals surface area contributed by atoms with Crippen molar-refractivity contribution in [2.24, 2.45) is 0 Å². The molecule has 0 aliphatic heterocycles. The quantitative estimate of drug-likeness (QED) is 0.898. The fraction of sp³-hybridized carbons (Fsp3) is 0.214. The van der Waals surface area contributed by atoms with Crippen LogP contribution in [0.25, 0.3) is 0 Å². The molecule has 0 unspecified atom stereocenters. The molecule has 17 heavy (non-hydrogen) atoms. The Morgan fingerprint density at radius 3 is 2.65 bits per heavy atom. The van der Waals surface area contributed by atoms with Gasteiger partial charge in [-0.1, -0.05) is 36.0 Å². The summed E-state index contributed by atoms with van der Waals surface area (Å²) in [4.78, 5) is 5.64. The summed E-state index contributed by atoms with van der Waals surface area (Å²) in [6.45, 7) is 2.23. The number of aliphatic hydroxyl groups is 1. The van der Waals surface area contributed by atoms with E-state index in [9.17, 15) is 0 Å². The third-order valence-electron chi connectivity index (χ3n) is 2.45. The highest BCUT2D eigenvalue weighted by molar-refractivity contribution is 7.99. The van der Waals surface area contributed by atoms with Crippen LogP contribution in [0.1, 0.15) is 11.1 Å². The molecule has 1 heterocycles. The van der Waals surface area contributed by atoms with E-state index in [4.69, 9.17) is 5.11 Å². The van der Waals surface area contributed by atoms with Gasteiger partial charge < -0.3 is 5.11 Å². The number of aliphatic hydroxyl groups excluding tert-OH is 1. The SMILES string of the molecule is Cc1cc(CCO)cnc1Sc1ccccc1. The zero-order chi connectivity index (χ0) is 12.1. The van der Waals surface area contributed by atoms with Crippen molar-refractivity contribution in [3.05, 3.63) is 53.7 Å². The molecule has 2 rings (SSSR count). The van der Waals surface area contributed by atoms with Crippen LogP contribution in [0.3, 0.4) is 0 Å². The third kappa shape index (κ3) is 3.32. The van der Waals surface area contributed by atoms with Crippen LogP contribution in [-0.4, -0.2) is 16.7 Å². The second-order valence-electron chi connectivity index (χ2n) is 3.85. The average molecular weight is 245 g/mol. The zero-order valence-electron chi connectivity index (χ0n) is 9.76. The van der Waals surface area contributed by atoms with Crippen LogP contribution in [0.4, 0.5) is 0 Å². The highest BCUT2D eigenvalue weighted by atomic mass is 32.2. The van der Waals surface area contributed by atoms with Crippen LogP contribution in [-0.2, 0) is 6.42 Å². The minimum atomic E-state index is 0.173. The van der Waals surface area contributed by atoms with Gasteiger partial charge in [0.25, 0.3) is 0 Å². The molecule has 0 spiro atoms. The van der Waals surface area contributed by atoms with Crippen molar-refractivity contribution in [2.45, 2.75) is 23.3 Å². The Bertz CT molecular complexity index is 485. The largest absolute Gasteiger partial charge is 0.396 e. The van der Waals surface area contributed by atoms with Gasteiger partial charge in [0.1, 0.15) is 5.03 Å². The zero-order valence-corrected chi connectivity index (χ0v) is 10.6. The lowest BCUT2D eigenvalue weighted by Crippen LogP contribution is -1.94. The highest BCUT2D eigenvalue weighted by Crippen LogP contribution is 2.28. The number of nitrogens with zero attached hydrogens (tertiary/aromatic N) is 1. The van der Waals surface area contributed by atoms with Gasteiger partial charge in [-0.2, -0.15) is 0 Å². The van der Waals surface area contributed by atoms with Crippen LogP contribution in [0.5, 0.6) is 0 Å².